The van der Waals surface area contributed by atoms with E-state index < -0.39 is 0 Å². The van der Waals surface area contributed by atoms with Crippen LogP contribution in [0, 0.1) is 11.3 Å². The molecule has 20 heavy (non-hydrogen) atoms. The molecule has 2 aliphatic rings. The highest BCUT2D eigenvalue weighted by Crippen LogP contribution is 2.52. The second-order valence-corrected chi connectivity index (χ2v) is 6.90. The van der Waals surface area contributed by atoms with E-state index in [2.05, 4.69) is 41.2 Å². The molecule has 0 bridgehead atoms. The number of hydrogen-bond donors (Lipinski definition) is 2. The van der Waals surface area contributed by atoms with Crippen molar-refractivity contribution in [3.8, 4) is 0 Å². The summed E-state index contributed by atoms with van der Waals surface area (Å²) in [5.41, 5.74) is 0.262. The Balaban J connectivity index is 1.73. The fraction of sp³-hybridized carbons (Fsp3) is 0.857. The summed E-state index contributed by atoms with van der Waals surface area (Å²) in [6, 6.07) is 0.649. The number of likely N-dealkylation sites (tertiary alicyclic amines) is 1. The monoisotopic (exact) mass is 279 g/mol. The third-order valence-corrected chi connectivity index (χ3v) is 5.03. The topological polar surface area (TPSA) is 66.2 Å². The van der Waals surface area contributed by atoms with Gasteiger partial charge in [0.1, 0.15) is 6.33 Å². The molecule has 0 amide bonds. The van der Waals surface area contributed by atoms with Crippen molar-refractivity contribution < 1.29 is 5.11 Å². The van der Waals surface area contributed by atoms with Crippen LogP contribution in [0.1, 0.15) is 26.7 Å². The zero-order chi connectivity index (χ0) is 14.5. The number of rotatable bonds is 3. The molecule has 4 atom stereocenters. The van der Waals surface area contributed by atoms with E-state index in [0.717, 1.165) is 25.3 Å². The van der Waals surface area contributed by atoms with Crippen molar-refractivity contribution in [2.24, 2.45) is 18.4 Å². The molecule has 0 radical (unpaired) electrons. The molecule has 0 aromatic carbocycles. The molecule has 1 aromatic heterocycles. The first-order valence-corrected chi connectivity index (χ1v) is 7.42. The number of aliphatic hydroxyl groups excluding tert-OH is 1. The van der Waals surface area contributed by atoms with Crippen LogP contribution in [-0.4, -0.2) is 56.6 Å². The van der Waals surface area contributed by atoms with Gasteiger partial charge in [-0.2, -0.15) is 10.1 Å². The highest BCUT2D eigenvalue weighted by atomic mass is 16.3. The van der Waals surface area contributed by atoms with Gasteiger partial charge in [-0.3, -0.25) is 0 Å². The van der Waals surface area contributed by atoms with Crippen LogP contribution in [0.5, 0.6) is 0 Å². The maximum atomic E-state index is 10.4. The Morgan fingerprint density at radius 1 is 1.40 bits per heavy atom. The molecule has 1 saturated heterocycles. The lowest BCUT2D eigenvalue weighted by Crippen LogP contribution is -2.64. The number of nitrogens with zero attached hydrogens (tertiary/aromatic N) is 4. The number of hydrogen-bond acceptors (Lipinski definition) is 5. The summed E-state index contributed by atoms with van der Waals surface area (Å²) in [6.07, 6.45) is 3.12. The van der Waals surface area contributed by atoms with Crippen LogP contribution in [0.2, 0.25) is 0 Å². The summed E-state index contributed by atoms with van der Waals surface area (Å²) < 4.78 is 1.71. The van der Waals surface area contributed by atoms with Crippen molar-refractivity contribution in [1.29, 1.82) is 0 Å². The number of aliphatic hydroxyl groups is 1. The minimum atomic E-state index is -0.304. The van der Waals surface area contributed by atoms with E-state index in [1.807, 2.05) is 7.05 Å². The molecular weight excluding hydrogens is 254 g/mol. The van der Waals surface area contributed by atoms with Crippen molar-refractivity contribution in [2.75, 3.05) is 18.9 Å². The minimum absolute atomic E-state index is 0.0767. The quantitative estimate of drug-likeness (QED) is 0.853. The maximum Gasteiger partial charge on any atom is 0.221 e. The summed E-state index contributed by atoms with van der Waals surface area (Å²) in [7, 11) is 4.05. The minimum Gasteiger partial charge on any atom is -0.391 e. The molecule has 2 unspecified atom stereocenters. The Morgan fingerprint density at radius 3 is 2.70 bits per heavy atom. The molecule has 1 spiro atoms. The highest BCUT2D eigenvalue weighted by Gasteiger charge is 2.58. The van der Waals surface area contributed by atoms with E-state index in [1.165, 1.54) is 6.33 Å². The predicted octanol–water partition coefficient (Wildman–Crippen LogP) is 0.707. The van der Waals surface area contributed by atoms with Gasteiger partial charge in [-0.15, -0.1) is 0 Å². The number of nitrogens with one attached hydrogen (secondary N) is 1. The molecule has 1 aliphatic carbocycles. The lowest BCUT2D eigenvalue weighted by Gasteiger charge is -2.57. The Labute approximate surface area is 120 Å². The van der Waals surface area contributed by atoms with Crippen LogP contribution in [0.15, 0.2) is 6.33 Å². The highest BCUT2D eigenvalue weighted by molar-refractivity contribution is 5.28. The normalized spacial score (nSPS) is 37.6. The molecule has 3 rings (SSSR count). The van der Waals surface area contributed by atoms with E-state index in [4.69, 9.17) is 0 Å². The molecule has 1 saturated carbocycles. The van der Waals surface area contributed by atoms with Crippen molar-refractivity contribution in [2.45, 2.75) is 44.9 Å². The zero-order valence-corrected chi connectivity index (χ0v) is 12.7. The third-order valence-electron chi connectivity index (χ3n) is 5.03. The SMILES string of the molecule is CC(C)C1N(C)CC12C[C@@H](O)[C@H](Nc1ncnn1C)C2. The van der Waals surface area contributed by atoms with Crippen LogP contribution >= 0.6 is 0 Å². The molecule has 6 nitrogen and oxygen atoms in total. The van der Waals surface area contributed by atoms with Gasteiger partial charge in [-0.1, -0.05) is 13.8 Å². The van der Waals surface area contributed by atoms with Gasteiger partial charge in [0.15, 0.2) is 0 Å². The van der Waals surface area contributed by atoms with E-state index >= 15 is 0 Å². The average Bonchev–Trinajstić information content (AvgIpc) is 2.85. The summed E-state index contributed by atoms with van der Waals surface area (Å²) >= 11 is 0. The standard InChI is InChI=1S/C14H25N5O/c1-9(2)12-14(7-18(12)3)5-10(11(20)6-14)17-13-15-8-16-19(13)4/h8-12,20H,5-7H2,1-4H3,(H,15,16,17)/t10-,11-,12?,14?/m1/s1. The molecular formula is C14H25N5O. The number of anilines is 1. The molecule has 1 aromatic rings. The van der Waals surface area contributed by atoms with Gasteiger partial charge in [-0.05, 0) is 25.8 Å². The largest absolute Gasteiger partial charge is 0.391 e. The summed E-state index contributed by atoms with van der Waals surface area (Å²) in [4.78, 5) is 6.61. The van der Waals surface area contributed by atoms with Gasteiger partial charge >= 0.3 is 0 Å². The Kier molecular flexibility index (Phi) is 3.25. The van der Waals surface area contributed by atoms with E-state index in [9.17, 15) is 5.11 Å². The van der Waals surface area contributed by atoms with Crippen LogP contribution in [-0.2, 0) is 7.05 Å². The van der Waals surface area contributed by atoms with Crippen LogP contribution in [0.4, 0.5) is 5.95 Å². The fourth-order valence-electron chi connectivity index (χ4n) is 4.59. The maximum absolute atomic E-state index is 10.4. The van der Waals surface area contributed by atoms with E-state index in [0.29, 0.717) is 12.0 Å². The van der Waals surface area contributed by atoms with Crippen molar-refractivity contribution >= 4 is 5.95 Å². The second-order valence-electron chi connectivity index (χ2n) is 6.90. The molecule has 112 valence electrons. The second kappa shape index (κ2) is 4.70. The first-order chi connectivity index (χ1) is 9.43. The lowest BCUT2D eigenvalue weighted by atomic mass is 9.66. The Bertz CT molecular complexity index is 483. The predicted molar refractivity (Wildman–Crippen MR) is 77.3 cm³/mol. The van der Waals surface area contributed by atoms with Crippen LogP contribution in [0.3, 0.4) is 0 Å². The Morgan fingerprint density at radius 2 is 2.15 bits per heavy atom. The molecule has 1 aliphatic heterocycles. The first kappa shape index (κ1) is 13.8. The zero-order valence-electron chi connectivity index (χ0n) is 12.7. The van der Waals surface area contributed by atoms with E-state index in [-0.39, 0.29) is 17.6 Å². The smallest absolute Gasteiger partial charge is 0.221 e. The fourth-order valence-corrected chi connectivity index (χ4v) is 4.59. The first-order valence-electron chi connectivity index (χ1n) is 7.42. The van der Waals surface area contributed by atoms with Gasteiger partial charge in [0.25, 0.3) is 0 Å². The van der Waals surface area contributed by atoms with Crippen LogP contribution < -0.4 is 5.32 Å². The number of aromatic nitrogens is 3. The van der Waals surface area contributed by atoms with Crippen LogP contribution in [0.25, 0.3) is 0 Å². The molecule has 2 heterocycles. The van der Waals surface area contributed by atoms with Crippen molar-refractivity contribution in [3.05, 3.63) is 6.33 Å². The molecule has 2 N–H and O–H groups in total. The Hall–Kier alpha value is -1.14. The number of aryl methyl sites for hydroxylation is 1. The van der Waals surface area contributed by atoms with Crippen molar-refractivity contribution in [3.63, 3.8) is 0 Å². The van der Waals surface area contributed by atoms with Gasteiger partial charge in [-0.25, -0.2) is 4.68 Å². The van der Waals surface area contributed by atoms with Crippen molar-refractivity contribution in [1.82, 2.24) is 19.7 Å². The third kappa shape index (κ3) is 2.02. The van der Waals surface area contributed by atoms with Gasteiger partial charge in [0.05, 0.1) is 12.1 Å². The lowest BCUT2D eigenvalue weighted by molar-refractivity contribution is -0.0825. The molecule has 2 fully saturated rings. The summed E-state index contributed by atoms with van der Waals surface area (Å²) in [5.74, 6) is 1.36. The summed E-state index contributed by atoms with van der Waals surface area (Å²) in [6.45, 7) is 5.64. The van der Waals surface area contributed by atoms with E-state index in [1.54, 1.807) is 4.68 Å². The van der Waals surface area contributed by atoms with Gasteiger partial charge < -0.3 is 15.3 Å². The van der Waals surface area contributed by atoms with Gasteiger partial charge in [0, 0.05) is 25.0 Å². The summed E-state index contributed by atoms with van der Waals surface area (Å²) in [5, 5.41) is 17.8. The average molecular weight is 279 g/mol. The molecule has 6 heteroatoms. The van der Waals surface area contributed by atoms with Gasteiger partial charge in [0.2, 0.25) is 5.95 Å².